The molecule has 0 amide bonds. The van der Waals surface area contributed by atoms with Crippen molar-refractivity contribution in [2.45, 2.75) is 11.4 Å². The summed E-state index contributed by atoms with van der Waals surface area (Å²) in [4.78, 5) is 15.5. The molecule has 0 spiro atoms. The van der Waals surface area contributed by atoms with Gasteiger partial charge in [-0.15, -0.1) is 11.8 Å². The van der Waals surface area contributed by atoms with Gasteiger partial charge in [0.25, 0.3) is 0 Å². The van der Waals surface area contributed by atoms with E-state index >= 15 is 0 Å². The van der Waals surface area contributed by atoms with Crippen LogP contribution < -0.4 is 5.32 Å². The summed E-state index contributed by atoms with van der Waals surface area (Å²) >= 11 is 1.59. The molecule has 2 heterocycles. The Hall–Kier alpha value is -1.59. The van der Waals surface area contributed by atoms with Gasteiger partial charge in [-0.25, -0.2) is 0 Å². The summed E-state index contributed by atoms with van der Waals surface area (Å²) < 4.78 is 0. The van der Waals surface area contributed by atoms with E-state index in [1.54, 1.807) is 11.8 Å². The molecule has 5 heteroatoms. The smallest absolute Gasteiger partial charge is 0.321 e. The molecule has 1 unspecified atom stereocenters. The lowest BCUT2D eigenvalue weighted by Crippen LogP contribution is -2.33. The number of hydrogen-bond donors (Lipinski definition) is 2. The fourth-order valence-electron chi connectivity index (χ4n) is 2.01. The second-order valence-electron chi connectivity index (χ2n) is 4.20. The summed E-state index contributed by atoms with van der Waals surface area (Å²) in [7, 11) is 0. The molecular formula is C13H12N2O2S. The van der Waals surface area contributed by atoms with Crippen molar-refractivity contribution in [2.75, 3.05) is 5.75 Å². The van der Waals surface area contributed by atoms with E-state index in [1.807, 2.05) is 36.4 Å². The van der Waals surface area contributed by atoms with E-state index < -0.39 is 12.0 Å². The maximum atomic E-state index is 10.9. The fraction of sp³-hybridized carbons (Fsp3) is 0.231. The first-order chi connectivity index (χ1) is 8.74. The first-order valence-electron chi connectivity index (χ1n) is 5.70. The van der Waals surface area contributed by atoms with E-state index in [2.05, 4.69) is 10.3 Å². The van der Waals surface area contributed by atoms with Crippen molar-refractivity contribution in [2.24, 2.45) is 0 Å². The van der Waals surface area contributed by atoms with Crippen LogP contribution in [0.15, 0.2) is 36.4 Å². The van der Waals surface area contributed by atoms with Crippen LogP contribution in [0.2, 0.25) is 0 Å². The van der Waals surface area contributed by atoms with Crippen LogP contribution in [0.25, 0.3) is 10.9 Å². The molecule has 1 aliphatic rings. The monoisotopic (exact) mass is 260 g/mol. The van der Waals surface area contributed by atoms with Crippen molar-refractivity contribution < 1.29 is 9.90 Å². The Kier molecular flexibility index (Phi) is 2.93. The number of nitrogens with one attached hydrogen (secondary N) is 1. The lowest BCUT2D eigenvalue weighted by Gasteiger charge is -2.11. The standard InChI is InChI=1S/C13H12N2O2S/c16-13(17)11-7-18-12(15-11)10-6-5-8-3-1-2-4-9(8)14-10/h1-6,11-12,15H,7H2,(H,16,17)/t11-,12?/m0/s1. The molecule has 1 saturated heterocycles. The zero-order chi connectivity index (χ0) is 12.5. The van der Waals surface area contributed by atoms with E-state index in [9.17, 15) is 4.79 Å². The predicted molar refractivity (Wildman–Crippen MR) is 71.5 cm³/mol. The van der Waals surface area contributed by atoms with Gasteiger partial charge in [0.1, 0.15) is 6.04 Å². The number of aromatic nitrogens is 1. The van der Waals surface area contributed by atoms with Gasteiger partial charge in [-0.2, -0.15) is 0 Å². The molecule has 1 aliphatic heterocycles. The number of thioether (sulfide) groups is 1. The Labute approximate surface area is 108 Å². The molecule has 0 saturated carbocycles. The summed E-state index contributed by atoms with van der Waals surface area (Å²) in [6.45, 7) is 0. The molecule has 0 bridgehead atoms. The minimum atomic E-state index is -0.800. The molecule has 4 nitrogen and oxygen atoms in total. The van der Waals surface area contributed by atoms with Gasteiger partial charge in [-0.05, 0) is 12.1 Å². The van der Waals surface area contributed by atoms with Crippen LogP contribution in [-0.2, 0) is 4.79 Å². The predicted octanol–water partition coefficient (Wildman–Crippen LogP) is 2.02. The third-order valence-electron chi connectivity index (χ3n) is 2.97. The van der Waals surface area contributed by atoms with Crippen LogP contribution in [0.5, 0.6) is 0 Å². The minimum absolute atomic E-state index is 0.0318. The number of carboxylic acid groups (broad SMARTS) is 1. The second-order valence-corrected chi connectivity index (χ2v) is 5.34. The maximum absolute atomic E-state index is 10.9. The summed E-state index contributed by atoms with van der Waals surface area (Å²) in [6, 6.07) is 11.4. The van der Waals surface area contributed by atoms with Crippen LogP contribution in [0.1, 0.15) is 11.1 Å². The Morgan fingerprint density at radius 2 is 2.17 bits per heavy atom. The van der Waals surface area contributed by atoms with Crippen molar-refractivity contribution >= 4 is 28.6 Å². The van der Waals surface area contributed by atoms with Gasteiger partial charge in [0.2, 0.25) is 0 Å². The van der Waals surface area contributed by atoms with Crippen molar-refractivity contribution in [1.82, 2.24) is 10.3 Å². The van der Waals surface area contributed by atoms with Crippen molar-refractivity contribution in [3.8, 4) is 0 Å². The zero-order valence-electron chi connectivity index (χ0n) is 9.54. The molecule has 18 heavy (non-hydrogen) atoms. The molecular weight excluding hydrogens is 248 g/mol. The lowest BCUT2D eigenvalue weighted by molar-refractivity contribution is -0.138. The molecule has 0 aliphatic carbocycles. The van der Waals surface area contributed by atoms with E-state index in [0.29, 0.717) is 5.75 Å². The van der Waals surface area contributed by atoms with Crippen molar-refractivity contribution in [1.29, 1.82) is 0 Å². The molecule has 2 aromatic rings. The van der Waals surface area contributed by atoms with Crippen molar-refractivity contribution in [3.63, 3.8) is 0 Å². The highest BCUT2D eigenvalue weighted by Crippen LogP contribution is 2.32. The summed E-state index contributed by atoms with van der Waals surface area (Å²) in [5.41, 5.74) is 1.83. The van der Waals surface area contributed by atoms with Gasteiger partial charge < -0.3 is 5.11 Å². The third kappa shape index (κ3) is 2.07. The highest BCUT2D eigenvalue weighted by atomic mass is 32.2. The minimum Gasteiger partial charge on any atom is -0.480 e. The average molecular weight is 260 g/mol. The van der Waals surface area contributed by atoms with Gasteiger partial charge in [0.15, 0.2) is 0 Å². The van der Waals surface area contributed by atoms with Gasteiger partial charge in [-0.3, -0.25) is 15.1 Å². The number of rotatable bonds is 2. The average Bonchev–Trinajstić information content (AvgIpc) is 2.88. The normalized spacial score (nSPS) is 23.3. The molecule has 1 aromatic heterocycles. The van der Waals surface area contributed by atoms with Crippen molar-refractivity contribution in [3.05, 3.63) is 42.1 Å². The van der Waals surface area contributed by atoms with E-state index in [-0.39, 0.29) is 5.37 Å². The first-order valence-corrected chi connectivity index (χ1v) is 6.75. The number of benzene rings is 1. The van der Waals surface area contributed by atoms with Crippen LogP contribution in [0.3, 0.4) is 0 Å². The molecule has 1 fully saturated rings. The Bertz CT molecular complexity index is 602. The number of nitrogens with zero attached hydrogens (tertiary/aromatic N) is 1. The zero-order valence-corrected chi connectivity index (χ0v) is 10.4. The SMILES string of the molecule is O=C(O)[C@@H]1CSC(c2ccc3ccccc3n2)N1. The highest BCUT2D eigenvalue weighted by molar-refractivity contribution is 7.99. The van der Waals surface area contributed by atoms with Gasteiger partial charge in [-0.1, -0.05) is 24.3 Å². The number of aliphatic carboxylic acids is 1. The summed E-state index contributed by atoms with van der Waals surface area (Å²) in [5.74, 6) is -0.222. The van der Waals surface area contributed by atoms with Crippen LogP contribution in [0.4, 0.5) is 0 Å². The maximum Gasteiger partial charge on any atom is 0.321 e. The molecule has 2 N–H and O–H groups in total. The lowest BCUT2D eigenvalue weighted by atomic mass is 10.2. The van der Waals surface area contributed by atoms with E-state index in [4.69, 9.17) is 5.11 Å². The number of hydrogen-bond acceptors (Lipinski definition) is 4. The van der Waals surface area contributed by atoms with E-state index in [0.717, 1.165) is 16.6 Å². The Morgan fingerprint density at radius 3 is 2.94 bits per heavy atom. The van der Waals surface area contributed by atoms with Gasteiger partial charge >= 0.3 is 5.97 Å². The molecule has 0 radical (unpaired) electrons. The van der Waals surface area contributed by atoms with Crippen LogP contribution in [0, 0.1) is 0 Å². The topological polar surface area (TPSA) is 62.2 Å². The number of pyridine rings is 1. The summed E-state index contributed by atoms with van der Waals surface area (Å²) in [6.07, 6.45) is 0. The molecule has 3 rings (SSSR count). The summed E-state index contributed by atoms with van der Waals surface area (Å²) in [5, 5.41) is 13.1. The van der Waals surface area contributed by atoms with Gasteiger partial charge in [0.05, 0.1) is 16.6 Å². The Balaban J connectivity index is 1.89. The number of carboxylic acids is 1. The quantitative estimate of drug-likeness (QED) is 0.865. The molecule has 92 valence electrons. The van der Waals surface area contributed by atoms with Gasteiger partial charge in [0, 0.05) is 11.1 Å². The largest absolute Gasteiger partial charge is 0.480 e. The van der Waals surface area contributed by atoms with E-state index in [1.165, 1.54) is 0 Å². The van der Waals surface area contributed by atoms with Crippen LogP contribution in [-0.4, -0.2) is 27.9 Å². The highest BCUT2D eigenvalue weighted by Gasteiger charge is 2.30. The number of carbonyl (C=O) groups is 1. The van der Waals surface area contributed by atoms with Crippen LogP contribution >= 0.6 is 11.8 Å². The fourth-order valence-corrected chi connectivity index (χ4v) is 3.20. The Morgan fingerprint density at radius 1 is 1.33 bits per heavy atom. The molecule has 1 aromatic carbocycles. The number of para-hydroxylation sites is 1. The third-order valence-corrected chi connectivity index (χ3v) is 4.21. The first kappa shape index (κ1) is 11.5. The number of fused-ring (bicyclic) bond motifs is 1. The molecule has 2 atom stereocenters. The second kappa shape index (κ2) is 4.59.